The predicted octanol–water partition coefficient (Wildman–Crippen LogP) is 2.21. The Labute approximate surface area is 130 Å². The van der Waals surface area contributed by atoms with Gasteiger partial charge in [-0.05, 0) is 40.3 Å². The summed E-state index contributed by atoms with van der Waals surface area (Å²) in [6, 6.07) is 15.4. The molecule has 0 atom stereocenters. The summed E-state index contributed by atoms with van der Waals surface area (Å²) in [7, 11) is 0. The van der Waals surface area contributed by atoms with Gasteiger partial charge in [-0.3, -0.25) is 10.1 Å². The van der Waals surface area contributed by atoms with Crippen LogP contribution >= 0.6 is 0 Å². The zero-order valence-electron chi connectivity index (χ0n) is 11.8. The lowest BCUT2D eigenvalue weighted by molar-refractivity contribution is -0.384. The maximum Gasteiger partial charge on any atom is 0.269 e. The maximum atomic E-state index is 10.6. The van der Waals surface area contributed by atoms with Crippen molar-refractivity contribution in [1.29, 1.82) is 0 Å². The van der Waals surface area contributed by atoms with Gasteiger partial charge < -0.3 is 5.32 Å². The molecular weight excluding hydrogens is 298 g/mol. The van der Waals surface area contributed by atoms with Crippen molar-refractivity contribution in [2.75, 3.05) is 5.32 Å². The van der Waals surface area contributed by atoms with Crippen LogP contribution in [0.3, 0.4) is 0 Å². The van der Waals surface area contributed by atoms with Crippen LogP contribution in [0, 0.1) is 10.1 Å². The normalized spacial score (nSPS) is 10.8. The van der Waals surface area contributed by atoms with Crippen LogP contribution in [0.15, 0.2) is 59.7 Å². The Morgan fingerprint density at radius 3 is 2.57 bits per heavy atom. The first kappa shape index (κ1) is 14.3. The van der Waals surface area contributed by atoms with Gasteiger partial charge in [0.05, 0.1) is 11.1 Å². The van der Waals surface area contributed by atoms with E-state index in [1.807, 2.05) is 30.3 Å². The van der Waals surface area contributed by atoms with Crippen LogP contribution in [0.4, 0.5) is 17.3 Å². The lowest BCUT2D eigenvalue weighted by Crippen LogP contribution is -2.01. The summed E-state index contributed by atoms with van der Waals surface area (Å²) in [5.41, 5.74) is 1.54. The lowest BCUT2D eigenvalue weighted by atomic mass is 10.2. The van der Waals surface area contributed by atoms with Crippen molar-refractivity contribution in [2.24, 2.45) is 5.10 Å². The minimum absolute atomic E-state index is 0.0241. The van der Waals surface area contributed by atoms with Crippen LogP contribution in [0.25, 0.3) is 0 Å². The summed E-state index contributed by atoms with van der Waals surface area (Å²) in [5.74, 6) is 0.356. The largest absolute Gasteiger partial charge is 0.321 e. The standard InChI is InChI=1S/C14H11N7O2/c22-21(23)13-8-6-11(7-9-13)10-15-20-14(17-18-19-20)16-12-4-2-1-3-5-12/h1-10H,(H,16,17,19). The van der Waals surface area contributed by atoms with Crippen molar-refractivity contribution in [3.05, 3.63) is 70.3 Å². The topological polar surface area (TPSA) is 111 Å². The molecule has 0 bridgehead atoms. The molecule has 0 aliphatic rings. The summed E-state index contributed by atoms with van der Waals surface area (Å²) in [6.45, 7) is 0. The maximum absolute atomic E-state index is 10.6. The SMILES string of the molecule is O=[N+]([O-])c1ccc(C=Nn2nnnc2Nc2ccccc2)cc1. The van der Waals surface area contributed by atoms with Crippen molar-refractivity contribution in [3.8, 4) is 0 Å². The summed E-state index contributed by atoms with van der Waals surface area (Å²) in [6.07, 6.45) is 1.51. The van der Waals surface area contributed by atoms with Gasteiger partial charge in [0.2, 0.25) is 0 Å². The predicted molar refractivity (Wildman–Crippen MR) is 83.6 cm³/mol. The van der Waals surface area contributed by atoms with E-state index in [9.17, 15) is 10.1 Å². The summed E-state index contributed by atoms with van der Waals surface area (Å²) in [4.78, 5) is 11.4. The number of rotatable bonds is 5. The van der Waals surface area contributed by atoms with Crippen molar-refractivity contribution < 1.29 is 4.92 Å². The third kappa shape index (κ3) is 3.53. The van der Waals surface area contributed by atoms with Gasteiger partial charge >= 0.3 is 0 Å². The van der Waals surface area contributed by atoms with Crippen molar-refractivity contribution in [3.63, 3.8) is 0 Å². The molecular formula is C14H11N7O2. The Morgan fingerprint density at radius 1 is 1.13 bits per heavy atom. The fourth-order valence-corrected chi connectivity index (χ4v) is 1.79. The zero-order chi connectivity index (χ0) is 16.1. The first-order valence-corrected chi connectivity index (χ1v) is 6.61. The Bertz CT molecular complexity index is 828. The highest BCUT2D eigenvalue weighted by atomic mass is 16.6. The van der Waals surface area contributed by atoms with Crippen LogP contribution in [-0.2, 0) is 0 Å². The number of nitro groups is 1. The molecule has 0 spiro atoms. The minimum Gasteiger partial charge on any atom is -0.321 e. The molecule has 9 heteroatoms. The number of nitro benzene ring substituents is 1. The molecule has 1 heterocycles. The minimum atomic E-state index is -0.454. The van der Waals surface area contributed by atoms with E-state index in [1.54, 1.807) is 12.1 Å². The van der Waals surface area contributed by atoms with Gasteiger partial charge in [-0.1, -0.05) is 28.1 Å². The summed E-state index contributed by atoms with van der Waals surface area (Å²) in [5, 5.41) is 28.9. The molecule has 0 aliphatic heterocycles. The second kappa shape index (κ2) is 6.43. The molecule has 0 radical (unpaired) electrons. The first-order chi connectivity index (χ1) is 11.2. The second-order valence-electron chi connectivity index (χ2n) is 4.48. The molecule has 114 valence electrons. The van der Waals surface area contributed by atoms with Crippen molar-refractivity contribution in [2.45, 2.75) is 0 Å². The number of nitrogens with zero attached hydrogens (tertiary/aromatic N) is 6. The first-order valence-electron chi connectivity index (χ1n) is 6.61. The number of non-ortho nitro benzene ring substituents is 1. The van der Waals surface area contributed by atoms with Crippen LogP contribution in [0.1, 0.15) is 5.56 Å². The highest BCUT2D eigenvalue weighted by Gasteiger charge is 2.05. The molecule has 0 unspecified atom stereocenters. The quantitative estimate of drug-likeness (QED) is 0.439. The number of hydrogen-bond donors (Lipinski definition) is 1. The van der Waals surface area contributed by atoms with E-state index in [-0.39, 0.29) is 5.69 Å². The number of hydrogen-bond acceptors (Lipinski definition) is 7. The molecule has 0 amide bonds. The van der Waals surface area contributed by atoms with Crippen LogP contribution in [0.5, 0.6) is 0 Å². The lowest BCUT2D eigenvalue weighted by Gasteiger charge is -2.02. The molecule has 23 heavy (non-hydrogen) atoms. The number of tetrazole rings is 1. The van der Waals surface area contributed by atoms with Crippen LogP contribution < -0.4 is 5.32 Å². The molecule has 3 aromatic rings. The molecule has 1 N–H and O–H groups in total. The van der Waals surface area contributed by atoms with E-state index in [0.717, 1.165) is 5.69 Å². The van der Waals surface area contributed by atoms with Gasteiger partial charge in [-0.2, -0.15) is 5.10 Å². The van der Waals surface area contributed by atoms with Gasteiger partial charge in [0, 0.05) is 17.8 Å². The van der Waals surface area contributed by atoms with E-state index in [1.165, 1.54) is 23.1 Å². The van der Waals surface area contributed by atoms with Crippen molar-refractivity contribution >= 4 is 23.5 Å². The third-order valence-electron chi connectivity index (χ3n) is 2.90. The Hall–Kier alpha value is -3.62. The average Bonchev–Trinajstić information content (AvgIpc) is 3.01. The molecule has 0 fully saturated rings. The van der Waals surface area contributed by atoms with E-state index in [0.29, 0.717) is 11.5 Å². The van der Waals surface area contributed by atoms with Crippen molar-refractivity contribution in [1.82, 2.24) is 20.3 Å². The van der Waals surface area contributed by atoms with E-state index in [2.05, 4.69) is 25.9 Å². The Morgan fingerprint density at radius 2 is 1.87 bits per heavy atom. The molecule has 2 aromatic carbocycles. The van der Waals surface area contributed by atoms with Gasteiger partial charge in [-0.25, -0.2) is 0 Å². The van der Waals surface area contributed by atoms with Crippen LogP contribution in [0.2, 0.25) is 0 Å². The van der Waals surface area contributed by atoms with E-state index < -0.39 is 4.92 Å². The zero-order valence-corrected chi connectivity index (χ0v) is 11.8. The van der Waals surface area contributed by atoms with Gasteiger partial charge in [0.1, 0.15) is 0 Å². The molecule has 1 aromatic heterocycles. The highest BCUT2D eigenvalue weighted by Crippen LogP contribution is 2.13. The second-order valence-corrected chi connectivity index (χ2v) is 4.48. The number of aromatic nitrogens is 4. The van der Waals surface area contributed by atoms with Gasteiger partial charge in [0.25, 0.3) is 11.6 Å². The Kier molecular flexibility index (Phi) is 4.01. The molecule has 3 rings (SSSR count). The number of para-hydroxylation sites is 1. The fraction of sp³-hybridized carbons (Fsp3) is 0. The number of benzene rings is 2. The average molecular weight is 309 g/mol. The Balaban J connectivity index is 1.75. The van der Waals surface area contributed by atoms with Crippen LogP contribution in [-0.4, -0.2) is 31.5 Å². The van der Waals surface area contributed by atoms with Gasteiger partial charge in [0.15, 0.2) is 0 Å². The molecule has 9 nitrogen and oxygen atoms in total. The fourth-order valence-electron chi connectivity index (χ4n) is 1.79. The monoisotopic (exact) mass is 309 g/mol. The smallest absolute Gasteiger partial charge is 0.269 e. The molecule has 0 aliphatic carbocycles. The summed E-state index contributed by atoms with van der Waals surface area (Å²) >= 11 is 0. The molecule has 0 saturated carbocycles. The summed E-state index contributed by atoms with van der Waals surface area (Å²) < 4.78 is 0. The number of anilines is 2. The van der Waals surface area contributed by atoms with E-state index in [4.69, 9.17) is 0 Å². The number of nitrogens with one attached hydrogen (secondary N) is 1. The third-order valence-corrected chi connectivity index (χ3v) is 2.90. The molecule has 0 saturated heterocycles. The highest BCUT2D eigenvalue weighted by molar-refractivity contribution is 5.79. The van der Waals surface area contributed by atoms with Gasteiger partial charge in [-0.15, -0.1) is 0 Å². The van der Waals surface area contributed by atoms with E-state index >= 15 is 0 Å².